The predicted molar refractivity (Wildman–Crippen MR) is 84.3 cm³/mol. The minimum atomic E-state index is 0.156. The molecule has 0 amide bonds. The van der Waals surface area contributed by atoms with Gasteiger partial charge in [-0.15, -0.1) is 0 Å². The maximum absolute atomic E-state index is 9.06. The van der Waals surface area contributed by atoms with E-state index < -0.39 is 0 Å². The molecule has 102 valence electrons. The number of benzene rings is 2. The molecule has 2 rings (SSSR count). The molecule has 1 atom stereocenters. The quantitative estimate of drug-likeness (QED) is 0.757. The van der Waals surface area contributed by atoms with Gasteiger partial charge in [-0.3, -0.25) is 0 Å². The summed E-state index contributed by atoms with van der Waals surface area (Å²) in [6.45, 7) is 2.11. The van der Waals surface area contributed by atoms with Gasteiger partial charge in [-0.1, -0.05) is 36.7 Å². The molecule has 0 aliphatic heterocycles. The number of hydrogen-bond donors (Lipinski definition) is 0. The van der Waals surface area contributed by atoms with Crippen molar-refractivity contribution < 1.29 is 0 Å². The van der Waals surface area contributed by atoms with Gasteiger partial charge in [-0.05, 0) is 42.8 Å². The molecule has 0 aliphatic rings. The summed E-state index contributed by atoms with van der Waals surface area (Å²) < 4.78 is 0. The fraction of sp³-hybridized carbons (Fsp3) is 0.235. The second-order valence-corrected chi connectivity index (χ2v) is 5.04. The van der Waals surface area contributed by atoms with Gasteiger partial charge in [0.25, 0.3) is 0 Å². The van der Waals surface area contributed by atoms with Crippen molar-refractivity contribution in [3.63, 3.8) is 0 Å². The molecular formula is C17H17ClN2. The van der Waals surface area contributed by atoms with Crippen LogP contribution in [-0.4, -0.2) is 6.04 Å². The predicted octanol–water partition coefficient (Wildman–Crippen LogP) is 5.17. The van der Waals surface area contributed by atoms with E-state index in [-0.39, 0.29) is 6.04 Å². The SMILES string of the molecule is CCC(CC#N)N(c1ccccc1)c1ccc(Cl)cc1. The normalized spacial score (nSPS) is 11.7. The Morgan fingerprint density at radius 3 is 2.20 bits per heavy atom. The highest BCUT2D eigenvalue weighted by atomic mass is 35.5. The zero-order chi connectivity index (χ0) is 14.4. The van der Waals surface area contributed by atoms with Gasteiger partial charge in [0.05, 0.1) is 12.5 Å². The van der Waals surface area contributed by atoms with E-state index in [1.807, 2.05) is 42.5 Å². The van der Waals surface area contributed by atoms with Gasteiger partial charge in [-0.25, -0.2) is 0 Å². The average molecular weight is 285 g/mol. The smallest absolute Gasteiger partial charge is 0.0643 e. The number of nitrogens with zero attached hydrogens (tertiary/aromatic N) is 2. The Kier molecular flexibility index (Phi) is 5.03. The van der Waals surface area contributed by atoms with E-state index in [4.69, 9.17) is 16.9 Å². The van der Waals surface area contributed by atoms with Crippen molar-refractivity contribution in [2.75, 3.05) is 4.90 Å². The number of anilines is 2. The van der Waals surface area contributed by atoms with E-state index in [0.29, 0.717) is 6.42 Å². The molecule has 0 fully saturated rings. The Hall–Kier alpha value is -1.98. The molecule has 0 spiro atoms. The lowest BCUT2D eigenvalue weighted by Gasteiger charge is -2.32. The van der Waals surface area contributed by atoms with Crippen molar-refractivity contribution >= 4 is 23.0 Å². The summed E-state index contributed by atoms with van der Waals surface area (Å²) in [5.41, 5.74) is 2.15. The molecule has 0 saturated heterocycles. The lowest BCUT2D eigenvalue weighted by molar-refractivity contribution is 0.643. The Bertz CT molecular complexity index is 572. The number of rotatable bonds is 5. The van der Waals surface area contributed by atoms with Crippen LogP contribution < -0.4 is 4.90 Å². The third-order valence-electron chi connectivity index (χ3n) is 3.30. The van der Waals surface area contributed by atoms with Crippen molar-refractivity contribution in [1.82, 2.24) is 0 Å². The van der Waals surface area contributed by atoms with Gasteiger partial charge in [0.15, 0.2) is 0 Å². The van der Waals surface area contributed by atoms with Crippen LogP contribution in [0.1, 0.15) is 19.8 Å². The van der Waals surface area contributed by atoms with Crippen LogP contribution in [0.4, 0.5) is 11.4 Å². The van der Waals surface area contributed by atoms with Crippen LogP contribution in [0.3, 0.4) is 0 Å². The average Bonchev–Trinajstić information content (AvgIpc) is 2.49. The molecule has 2 nitrogen and oxygen atoms in total. The summed E-state index contributed by atoms with van der Waals surface area (Å²) in [4.78, 5) is 2.21. The first-order chi connectivity index (χ1) is 9.76. The molecule has 0 N–H and O–H groups in total. The molecule has 0 aliphatic carbocycles. The molecular weight excluding hydrogens is 268 g/mol. The van der Waals surface area contributed by atoms with Crippen LogP contribution in [0.2, 0.25) is 5.02 Å². The van der Waals surface area contributed by atoms with Gasteiger partial charge < -0.3 is 4.90 Å². The molecule has 0 radical (unpaired) electrons. The van der Waals surface area contributed by atoms with E-state index in [9.17, 15) is 0 Å². The molecule has 0 bridgehead atoms. The molecule has 2 aromatic rings. The molecule has 20 heavy (non-hydrogen) atoms. The maximum Gasteiger partial charge on any atom is 0.0643 e. The van der Waals surface area contributed by atoms with Crippen LogP contribution in [0, 0.1) is 11.3 Å². The van der Waals surface area contributed by atoms with Crippen LogP contribution in [0.15, 0.2) is 54.6 Å². The maximum atomic E-state index is 9.06. The van der Waals surface area contributed by atoms with Crippen LogP contribution >= 0.6 is 11.6 Å². The van der Waals surface area contributed by atoms with Gasteiger partial charge in [-0.2, -0.15) is 5.26 Å². The minimum Gasteiger partial charge on any atom is -0.337 e. The zero-order valence-electron chi connectivity index (χ0n) is 11.5. The van der Waals surface area contributed by atoms with Crippen LogP contribution in [-0.2, 0) is 0 Å². The number of halogens is 1. The highest BCUT2D eigenvalue weighted by molar-refractivity contribution is 6.30. The largest absolute Gasteiger partial charge is 0.337 e. The lowest BCUT2D eigenvalue weighted by atomic mass is 10.1. The van der Waals surface area contributed by atoms with Crippen LogP contribution in [0.25, 0.3) is 0 Å². The first-order valence-electron chi connectivity index (χ1n) is 6.73. The Labute approximate surface area is 125 Å². The molecule has 1 unspecified atom stereocenters. The standard InChI is InChI=1S/C17H17ClN2/c1-2-15(12-13-19)20(16-6-4-3-5-7-16)17-10-8-14(18)9-11-17/h3-11,15H,2,12H2,1H3. The lowest BCUT2D eigenvalue weighted by Crippen LogP contribution is -2.30. The molecule has 3 heteroatoms. The highest BCUT2D eigenvalue weighted by Crippen LogP contribution is 2.30. The second kappa shape index (κ2) is 6.98. The number of para-hydroxylation sites is 1. The van der Waals surface area contributed by atoms with Crippen molar-refractivity contribution in [2.24, 2.45) is 0 Å². The highest BCUT2D eigenvalue weighted by Gasteiger charge is 2.18. The first kappa shape index (κ1) is 14.4. The van der Waals surface area contributed by atoms with E-state index in [1.54, 1.807) is 0 Å². The Morgan fingerprint density at radius 2 is 1.65 bits per heavy atom. The van der Waals surface area contributed by atoms with Gasteiger partial charge in [0.2, 0.25) is 0 Å². The van der Waals surface area contributed by atoms with E-state index in [0.717, 1.165) is 22.8 Å². The number of nitriles is 1. The van der Waals surface area contributed by atoms with Crippen molar-refractivity contribution in [3.8, 4) is 6.07 Å². The van der Waals surface area contributed by atoms with E-state index in [1.165, 1.54) is 0 Å². The van der Waals surface area contributed by atoms with Gasteiger partial charge in [0.1, 0.15) is 0 Å². The summed E-state index contributed by atoms with van der Waals surface area (Å²) in [5.74, 6) is 0. The third kappa shape index (κ3) is 3.31. The fourth-order valence-corrected chi connectivity index (χ4v) is 2.41. The third-order valence-corrected chi connectivity index (χ3v) is 3.55. The van der Waals surface area contributed by atoms with Gasteiger partial charge >= 0.3 is 0 Å². The van der Waals surface area contributed by atoms with Gasteiger partial charge in [0, 0.05) is 22.4 Å². The summed E-state index contributed by atoms with van der Waals surface area (Å²) in [6.07, 6.45) is 1.40. The first-order valence-corrected chi connectivity index (χ1v) is 7.11. The Balaban J connectivity index is 2.43. The van der Waals surface area contributed by atoms with Crippen molar-refractivity contribution in [3.05, 3.63) is 59.6 Å². The van der Waals surface area contributed by atoms with E-state index >= 15 is 0 Å². The zero-order valence-corrected chi connectivity index (χ0v) is 12.2. The Morgan fingerprint density at radius 1 is 1.05 bits per heavy atom. The summed E-state index contributed by atoms with van der Waals surface area (Å²) >= 11 is 5.97. The molecule has 0 heterocycles. The molecule has 0 saturated carbocycles. The topological polar surface area (TPSA) is 27.0 Å². The number of hydrogen-bond acceptors (Lipinski definition) is 2. The minimum absolute atomic E-state index is 0.156. The van der Waals surface area contributed by atoms with Crippen LogP contribution in [0.5, 0.6) is 0 Å². The van der Waals surface area contributed by atoms with Crippen molar-refractivity contribution in [1.29, 1.82) is 5.26 Å². The summed E-state index contributed by atoms with van der Waals surface area (Å²) in [5, 5.41) is 9.77. The van der Waals surface area contributed by atoms with Crippen molar-refractivity contribution in [2.45, 2.75) is 25.8 Å². The monoisotopic (exact) mass is 284 g/mol. The molecule has 0 aromatic heterocycles. The van der Waals surface area contributed by atoms with E-state index in [2.05, 4.69) is 30.0 Å². The summed E-state index contributed by atoms with van der Waals surface area (Å²) in [7, 11) is 0. The summed E-state index contributed by atoms with van der Waals surface area (Å²) in [6, 6.07) is 20.3. The second-order valence-electron chi connectivity index (χ2n) is 4.61. The molecule has 2 aromatic carbocycles. The fourth-order valence-electron chi connectivity index (χ4n) is 2.28.